The van der Waals surface area contributed by atoms with Crippen molar-refractivity contribution in [3.05, 3.63) is 59.2 Å². The summed E-state index contributed by atoms with van der Waals surface area (Å²) in [6, 6.07) is 12.7. The van der Waals surface area contributed by atoms with Crippen LogP contribution >= 0.6 is 0 Å². The first kappa shape index (κ1) is 21.8. The van der Waals surface area contributed by atoms with E-state index in [1.165, 1.54) is 12.1 Å². The molecule has 8 heteroatoms. The Hall–Kier alpha value is -3.47. The molecule has 2 aromatic rings. The first-order chi connectivity index (χ1) is 15.3. The second-order valence-electron chi connectivity index (χ2n) is 7.93. The lowest BCUT2D eigenvalue weighted by molar-refractivity contribution is -0.137. The zero-order chi connectivity index (χ0) is 22.7. The molecule has 0 saturated carbocycles. The molecule has 0 N–H and O–H groups in total. The van der Waals surface area contributed by atoms with Gasteiger partial charge in [-0.3, -0.25) is 9.79 Å². The van der Waals surface area contributed by atoms with Crippen molar-refractivity contribution in [3.8, 4) is 17.2 Å². The lowest BCUT2D eigenvalue weighted by atomic mass is 9.96. The second kappa shape index (κ2) is 8.95. The van der Waals surface area contributed by atoms with Crippen LogP contribution in [0.15, 0.2) is 52.4 Å². The smallest absolute Gasteiger partial charge is 0.334 e. The molecule has 1 atom stereocenters. The van der Waals surface area contributed by atoms with Crippen molar-refractivity contribution in [2.75, 3.05) is 0 Å². The molecule has 2 heterocycles. The van der Waals surface area contributed by atoms with Crippen LogP contribution in [0.2, 0.25) is 0 Å². The number of nitrogens with zero attached hydrogens (tertiary/aromatic N) is 4. The molecule has 0 bridgehead atoms. The summed E-state index contributed by atoms with van der Waals surface area (Å²) in [5.41, 5.74) is 1.80. The van der Waals surface area contributed by atoms with Gasteiger partial charge in [0.05, 0.1) is 11.6 Å². The van der Waals surface area contributed by atoms with Gasteiger partial charge in [0.1, 0.15) is 6.07 Å². The standard InChI is InChI=1S/C24H21F3N4O/c25-24(26,27)21-6-2-1-5-20(21)16-8-9-17-14-31(15-18(17)12-16)23(32)7-3-4-19-10-11-29-22(13-28)30-19/h1-2,5-6,8-9,11-12,19H,3-4,7,10,14-15H2. The molecule has 5 nitrogen and oxygen atoms in total. The highest BCUT2D eigenvalue weighted by Crippen LogP contribution is 2.38. The number of amides is 1. The van der Waals surface area contributed by atoms with Crippen molar-refractivity contribution in [1.29, 1.82) is 5.26 Å². The van der Waals surface area contributed by atoms with Crippen LogP contribution in [-0.4, -0.2) is 28.9 Å². The van der Waals surface area contributed by atoms with E-state index in [0.29, 0.717) is 44.3 Å². The Bertz CT molecular complexity index is 1130. The van der Waals surface area contributed by atoms with Gasteiger partial charge < -0.3 is 4.90 Å². The van der Waals surface area contributed by atoms with Gasteiger partial charge >= 0.3 is 6.18 Å². The van der Waals surface area contributed by atoms with Crippen molar-refractivity contribution in [1.82, 2.24) is 4.90 Å². The number of hydrogen-bond donors (Lipinski definition) is 0. The van der Waals surface area contributed by atoms with Crippen molar-refractivity contribution >= 4 is 18.0 Å². The number of rotatable bonds is 5. The van der Waals surface area contributed by atoms with E-state index in [9.17, 15) is 18.0 Å². The number of halogens is 3. The molecule has 0 spiro atoms. The number of nitriles is 1. The third-order valence-electron chi connectivity index (χ3n) is 5.75. The second-order valence-corrected chi connectivity index (χ2v) is 7.93. The van der Waals surface area contributed by atoms with Crippen LogP contribution in [0, 0.1) is 11.3 Å². The van der Waals surface area contributed by atoms with E-state index in [4.69, 9.17) is 5.26 Å². The van der Waals surface area contributed by atoms with Gasteiger partial charge in [-0.15, -0.1) is 0 Å². The lowest BCUT2D eigenvalue weighted by Gasteiger charge is -2.17. The van der Waals surface area contributed by atoms with E-state index in [2.05, 4.69) is 9.98 Å². The van der Waals surface area contributed by atoms with Gasteiger partial charge in [-0.2, -0.15) is 18.4 Å². The van der Waals surface area contributed by atoms with E-state index in [1.807, 2.05) is 12.1 Å². The van der Waals surface area contributed by atoms with Gasteiger partial charge in [0, 0.05) is 32.1 Å². The molecular weight excluding hydrogens is 417 g/mol. The molecule has 4 rings (SSSR count). The minimum absolute atomic E-state index is 0.00686. The number of benzene rings is 2. The highest BCUT2D eigenvalue weighted by atomic mass is 19.4. The molecule has 32 heavy (non-hydrogen) atoms. The Kier molecular flexibility index (Phi) is 6.08. The first-order valence-corrected chi connectivity index (χ1v) is 10.4. The van der Waals surface area contributed by atoms with E-state index in [0.717, 1.165) is 17.2 Å². The predicted octanol–water partition coefficient (Wildman–Crippen LogP) is 5.15. The number of carbonyl (C=O) groups is 1. The SMILES string of the molecule is N#CC1=NC(CCCC(=O)N2Cc3ccc(-c4ccccc4C(F)(F)F)cc3C2)CC=N1. The van der Waals surface area contributed by atoms with Gasteiger partial charge in [-0.25, -0.2) is 4.99 Å². The number of fused-ring (bicyclic) bond motifs is 1. The van der Waals surface area contributed by atoms with Crippen LogP contribution in [0.4, 0.5) is 13.2 Å². The lowest BCUT2D eigenvalue weighted by Crippen LogP contribution is -2.25. The summed E-state index contributed by atoms with van der Waals surface area (Å²) in [5.74, 6) is 0.179. The van der Waals surface area contributed by atoms with Crippen LogP contribution in [0.5, 0.6) is 0 Å². The molecule has 2 aromatic carbocycles. The van der Waals surface area contributed by atoms with Crippen LogP contribution in [-0.2, 0) is 24.1 Å². The normalized spacial score (nSPS) is 17.6. The summed E-state index contributed by atoms with van der Waals surface area (Å²) in [7, 11) is 0. The topological polar surface area (TPSA) is 68.8 Å². The first-order valence-electron chi connectivity index (χ1n) is 10.4. The zero-order valence-electron chi connectivity index (χ0n) is 17.3. The monoisotopic (exact) mass is 438 g/mol. The molecule has 1 unspecified atom stereocenters. The molecule has 1 amide bonds. The van der Waals surface area contributed by atoms with Crippen molar-refractivity contribution < 1.29 is 18.0 Å². The maximum Gasteiger partial charge on any atom is 0.417 e. The van der Waals surface area contributed by atoms with Gasteiger partial charge in [0.2, 0.25) is 11.7 Å². The number of hydrogen-bond acceptors (Lipinski definition) is 4. The fourth-order valence-corrected chi connectivity index (χ4v) is 4.13. The molecule has 164 valence electrons. The van der Waals surface area contributed by atoms with Gasteiger partial charge in [-0.05, 0) is 47.2 Å². The fourth-order valence-electron chi connectivity index (χ4n) is 4.13. The van der Waals surface area contributed by atoms with Gasteiger partial charge in [0.15, 0.2) is 0 Å². The van der Waals surface area contributed by atoms with Crippen LogP contribution in [0.3, 0.4) is 0 Å². The van der Waals surface area contributed by atoms with E-state index in [1.54, 1.807) is 29.3 Å². The third-order valence-corrected chi connectivity index (χ3v) is 5.75. The van der Waals surface area contributed by atoms with Crippen LogP contribution < -0.4 is 0 Å². The van der Waals surface area contributed by atoms with Crippen molar-refractivity contribution in [2.45, 2.75) is 51.0 Å². The highest BCUT2D eigenvalue weighted by Gasteiger charge is 2.33. The highest BCUT2D eigenvalue weighted by molar-refractivity contribution is 6.02. The quantitative estimate of drug-likeness (QED) is 0.648. The Morgan fingerprint density at radius 3 is 2.72 bits per heavy atom. The molecule has 0 aromatic heterocycles. The zero-order valence-corrected chi connectivity index (χ0v) is 17.3. The van der Waals surface area contributed by atoms with Crippen LogP contribution in [0.25, 0.3) is 11.1 Å². The Balaban J connectivity index is 1.39. The largest absolute Gasteiger partial charge is 0.417 e. The van der Waals surface area contributed by atoms with Crippen molar-refractivity contribution in [2.24, 2.45) is 9.98 Å². The Morgan fingerprint density at radius 1 is 1.16 bits per heavy atom. The van der Waals surface area contributed by atoms with Gasteiger partial charge in [-0.1, -0.05) is 30.3 Å². The van der Waals surface area contributed by atoms with Crippen molar-refractivity contribution in [3.63, 3.8) is 0 Å². The average molecular weight is 438 g/mol. The number of alkyl halides is 3. The summed E-state index contributed by atoms with van der Waals surface area (Å²) in [6.45, 7) is 0.852. The van der Waals surface area contributed by atoms with E-state index in [-0.39, 0.29) is 23.3 Å². The maximum absolute atomic E-state index is 13.4. The predicted molar refractivity (Wildman–Crippen MR) is 115 cm³/mol. The molecule has 0 aliphatic carbocycles. The molecule has 2 aliphatic heterocycles. The minimum Gasteiger partial charge on any atom is -0.334 e. The fraction of sp³-hybridized carbons (Fsp3) is 0.333. The summed E-state index contributed by atoms with van der Waals surface area (Å²) >= 11 is 0. The third kappa shape index (κ3) is 4.72. The molecule has 2 aliphatic rings. The number of carbonyl (C=O) groups excluding carboxylic acids is 1. The summed E-state index contributed by atoms with van der Waals surface area (Å²) in [5, 5.41) is 8.89. The van der Waals surface area contributed by atoms with Gasteiger partial charge in [0.25, 0.3) is 0 Å². The molecule has 0 radical (unpaired) electrons. The Labute approximate surface area is 183 Å². The number of aliphatic imine (C=N–C) groups is 2. The minimum atomic E-state index is -4.43. The summed E-state index contributed by atoms with van der Waals surface area (Å²) in [4.78, 5) is 22.6. The maximum atomic E-state index is 13.4. The summed E-state index contributed by atoms with van der Waals surface area (Å²) < 4.78 is 40.2. The average Bonchev–Trinajstić information content (AvgIpc) is 3.22. The molecule has 0 saturated heterocycles. The van der Waals surface area contributed by atoms with Crippen LogP contribution in [0.1, 0.15) is 42.4 Å². The number of amidine groups is 1. The molecule has 0 fully saturated rings. The molecular formula is C24H21F3N4O. The van der Waals surface area contributed by atoms with E-state index >= 15 is 0 Å². The Morgan fingerprint density at radius 2 is 1.94 bits per heavy atom. The summed E-state index contributed by atoms with van der Waals surface area (Å²) in [6.07, 6.45) is -0.373. The van der Waals surface area contributed by atoms with E-state index < -0.39 is 11.7 Å².